The quantitative estimate of drug-likeness (QED) is 0.773. The maximum Gasteiger partial charge on any atom is 0.240 e. The van der Waals surface area contributed by atoms with E-state index in [-0.39, 0.29) is 28.7 Å². The molecule has 1 aromatic carbocycles. The van der Waals surface area contributed by atoms with E-state index in [2.05, 4.69) is 0 Å². The largest absolute Gasteiger partial charge is 0.545 e. The van der Waals surface area contributed by atoms with Crippen LogP contribution in [0.15, 0.2) is 24.3 Å². The van der Waals surface area contributed by atoms with Gasteiger partial charge in [0, 0.05) is 5.92 Å². The van der Waals surface area contributed by atoms with Gasteiger partial charge >= 0.3 is 0 Å². The van der Waals surface area contributed by atoms with Crippen LogP contribution in [-0.4, -0.2) is 17.8 Å². The van der Waals surface area contributed by atoms with Crippen LogP contribution in [-0.2, 0) is 9.59 Å². The van der Waals surface area contributed by atoms with Crippen LogP contribution in [0.1, 0.15) is 44.0 Å². The molecule has 1 aliphatic carbocycles. The molecule has 2 bridgehead atoms. The number of amides is 2. The maximum atomic E-state index is 13.0. The summed E-state index contributed by atoms with van der Waals surface area (Å²) in [6.07, 6.45) is 1.36. The molecule has 2 atom stereocenters. The van der Waals surface area contributed by atoms with Crippen LogP contribution in [0.25, 0.3) is 0 Å². The lowest BCUT2D eigenvalue weighted by atomic mass is 9.62. The van der Waals surface area contributed by atoms with Gasteiger partial charge in [-0.3, -0.25) is 9.59 Å². The minimum atomic E-state index is -1.33. The third-order valence-electron chi connectivity index (χ3n) is 5.76. The van der Waals surface area contributed by atoms with Gasteiger partial charge in [0.25, 0.3) is 0 Å². The van der Waals surface area contributed by atoms with Crippen LogP contribution in [0.3, 0.4) is 0 Å². The van der Waals surface area contributed by atoms with Crippen molar-refractivity contribution in [3.63, 3.8) is 0 Å². The molecule has 0 spiro atoms. The van der Waals surface area contributed by atoms with Crippen molar-refractivity contribution in [2.24, 2.45) is 16.7 Å². The van der Waals surface area contributed by atoms with Crippen LogP contribution in [0.4, 0.5) is 5.69 Å². The zero-order chi connectivity index (χ0) is 16.3. The average molecular weight is 300 g/mol. The van der Waals surface area contributed by atoms with E-state index in [1.165, 1.54) is 18.2 Å². The molecule has 0 aromatic heterocycles. The van der Waals surface area contributed by atoms with Crippen molar-refractivity contribution >= 4 is 23.5 Å². The topological polar surface area (TPSA) is 77.5 Å². The fourth-order valence-corrected chi connectivity index (χ4v) is 3.83. The Morgan fingerprint density at radius 1 is 1.27 bits per heavy atom. The summed E-state index contributed by atoms with van der Waals surface area (Å²) < 4.78 is 0. The van der Waals surface area contributed by atoms with Crippen LogP contribution in [0.5, 0.6) is 0 Å². The highest BCUT2D eigenvalue weighted by Gasteiger charge is 2.64. The Hall–Kier alpha value is -2.17. The molecule has 0 unspecified atom stereocenters. The summed E-state index contributed by atoms with van der Waals surface area (Å²) in [5.74, 6) is -2.03. The molecule has 1 saturated heterocycles. The first-order chi connectivity index (χ1) is 10.2. The number of nitrogens with zero attached hydrogens (tertiary/aromatic N) is 1. The number of carbonyl (C=O) groups excluding carboxylic acids is 3. The molecule has 22 heavy (non-hydrogen) atoms. The van der Waals surface area contributed by atoms with Crippen molar-refractivity contribution in [2.45, 2.75) is 33.6 Å². The minimum Gasteiger partial charge on any atom is -0.545 e. The predicted molar refractivity (Wildman–Crippen MR) is 77.9 cm³/mol. The first-order valence-electron chi connectivity index (χ1n) is 7.40. The van der Waals surface area contributed by atoms with Gasteiger partial charge in [0.2, 0.25) is 11.8 Å². The Bertz CT molecular complexity index is 694. The van der Waals surface area contributed by atoms with Crippen LogP contribution in [0, 0.1) is 16.7 Å². The smallest absolute Gasteiger partial charge is 0.240 e. The second-order valence-electron chi connectivity index (χ2n) is 6.96. The molecule has 5 heteroatoms. The van der Waals surface area contributed by atoms with Crippen molar-refractivity contribution in [1.29, 1.82) is 0 Å². The van der Waals surface area contributed by atoms with Crippen molar-refractivity contribution in [3.05, 3.63) is 29.8 Å². The molecule has 2 fully saturated rings. The summed E-state index contributed by atoms with van der Waals surface area (Å²) in [5.41, 5.74) is -0.724. The molecule has 1 saturated carbocycles. The lowest BCUT2D eigenvalue weighted by Gasteiger charge is -2.47. The fourth-order valence-electron chi connectivity index (χ4n) is 3.83. The van der Waals surface area contributed by atoms with Crippen LogP contribution in [0.2, 0.25) is 0 Å². The molecule has 3 rings (SSSR count). The summed E-state index contributed by atoms with van der Waals surface area (Å²) in [4.78, 5) is 37.9. The van der Waals surface area contributed by atoms with Crippen LogP contribution >= 0.6 is 0 Å². The van der Waals surface area contributed by atoms with Crippen LogP contribution < -0.4 is 10.0 Å². The van der Waals surface area contributed by atoms with Gasteiger partial charge < -0.3 is 9.90 Å². The number of aromatic carboxylic acids is 1. The number of anilines is 1. The first kappa shape index (κ1) is 14.8. The van der Waals surface area contributed by atoms with Gasteiger partial charge in [-0.25, -0.2) is 4.90 Å². The molecule has 116 valence electrons. The number of rotatable bonds is 2. The van der Waals surface area contributed by atoms with Crippen molar-refractivity contribution in [2.75, 3.05) is 4.90 Å². The fraction of sp³-hybridized carbons (Fsp3) is 0.471. The molecular weight excluding hydrogens is 282 g/mol. The number of hydrogen-bond donors (Lipinski definition) is 0. The van der Waals surface area contributed by atoms with E-state index in [0.717, 1.165) is 4.90 Å². The second kappa shape index (κ2) is 4.41. The molecule has 2 amide bonds. The van der Waals surface area contributed by atoms with E-state index in [1.807, 2.05) is 20.8 Å². The summed E-state index contributed by atoms with van der Waals surface area (Å²) in [6, 6.07) is 5.82. The maximum absolute atomic E-state index is 13.0. The van der Waals surface area contributed by atoms with E-state index in [0.29, 0.717) is 18.5 Å². The lowest BCUT2D eigenvalue weighted by Crippen LogP contribution is -2.59. The summed E-state index contributed by atoms with van der Waals surface area (Å²) >= 11 is 0. The number of imide groups is 1. The molecule has 1 heterocycles. The highest BCUT2D eigenvalue weighted by atomic mass is 16.4. The Kier molecular flexibility index (Phi) is 2.96. The molecule has 5 nitrogen and oxygen atoms in total. The zero-order valence-electron chi connectivity index (χ0n) is 12.9. The SMILES string of the molecule is CC1(C)[C@H]2CC[C@]1(C)C(=O)N(c1cccc(C(=O)[O-])c1)C2=O. The van der Waals surface area contributed by atoms with E-state index in [9.17, 15) is 19.5 Å². The van der Waals surface area contributed by atoms with Crippen molar-refractivity contribution < 1.29 is 19.5 Å². The normalized spacial score (nSPS) is 29.8. The number of fused-ring (bicyclic) bond motifs is 2. The third kappa shape index (κ3) is 1.68. The molecule has 0 N–H and O–H groups in total. The number of carbonyl (C=O) groups is 3. The Morgan fingerprint density at radius 3 is 2.59 bits per heavy atom. The highest BCUT2D eigenvalue weighted by molar-refractivity contribution is 6.20. The van der Waals surface area contributed by atoms with Gasteiger partial charge in [0.05, 0.1) is 17.1 Å². The highest BCUT2D eigenvalue weighted by Crippen LogP contribution is 2.60. The Labute approximate surface area is 128 Å². The van der Waals surface area contributed by atoms with E-state index in [1.54, 1.807) is 6.07 Å². The van der Waals surface area contributed by atoms with E-state index >= 15 is 0 Å². The number of carboxylic acids is 1. The third-order valence-corrected chi connectivity index (χ3v) is 5.76. The Morgan fingerprint density at radius 2 is 1.95 bits per heavy atom. The molecular formula is C17H18NO4-. The summed E-state index contributed by atoms with van der Waals surface area (Å²) in [7, 11) is 0. The second-order valence-corrected chi connectivity index (χ2v) is 6.96. The van der Waals surface area contributed by atoms with Gasteiger partial charge in [-0.1, -0.05) is 32.9 Å². The molecule has 0 radical (unpaired) electrons. The summed E-state index contributed by atoms with van der Waals surface area (Å²) in [6.45, 7) is 5.84. The van der Waals surface area contributed by atoms with Gasteiger partial charge in [-0.2, -0.15) is 0 Å². The van der Waals surface area contributed by atoms with E-state index in [4.69, 9.17) is 0 Å². The molecule has 1 aromatic rings. The zero-order valence-corrected chi connectivity index (χ0v) is 12.9. The van der Waals surface area contributed by atoms with Gasteiger partial charge in [0.15, 0.2) is 0 Å². The monoisotopic (exact) mass is 300 g/mol. The van der Waals surface area contributed by atoms with Crippen molar-refractivity contribution in [1.82, 2.24) is 0 Å². The van der Waals surface area contributed by atoms with Gasteiger partial charge in [0.1, 0.15) is 0 Å². The molecule has 1 aliphatic heterocycles. The Balaban J connectivity index is 2.10. The van der Waals surface area contributed by atoms with Crippen molar-refractivity contribution in [3.8, 4) is 0 Å². The average Bonchev–Trinajstić information content (AvgIpc) is 2.63. The van der Waals surface area contributed by atoms with Gasteiger partial charge in [-0.15, -0.1) is 0 Å². The standard InChI is InChI=1S/C17H19NO4/c1-16(2)12-7-8-17(16,3)15(22)18(13(12)19)11-6-4-5-10(9-11)14(20)21/h4-6,9,12H,7-8H2,1-3H3,(H,20,21)/p-1/t12-,17+/m0/s1. The number of hydrogen-bond acceptors (Lipinski definition) is 4. The summed E-state index contributed by atoms with van der Waals surface area (Å²) in [5, 5.41) is 11.0. The first-order valence-corrected chi connectivity index (χ1v) is 7.40. The lowest BCUT2D eigenvalue weighted by molar-refractivity contribution is -0.255. The minimum absolute atomic E-state index is 0.0413. The van der Waals surface area contributed by atoms with E-state index < -0.39 is 11.4 Å². The number of carboxylic acid groups (broad SMARTS) is 1. The predicted octanol–water partition coefficient (Wildman–Crippen LogP) is 1.37. The number of benzene rings is 1. The number of piperidine rings is 1. The van der Waals surface area contributed by atoms with Gasteiger partial charge in [-0.05, 0) is 36.0 Å². The molecule has 2 aliphatic rings.